The van der Waals surface area contributed by atoms with Gasteiger partial charge in [-0.15, -0.1) is 0 Å². The van der Waals surface area contributed by atoms with Gasteiger partial charge in [-0.25, -0.2) is 4.68 Å². The largest absolute Gasteiger partial charge is 0.337 e. The molecule has 1 rings (SSSR count). The van der Waals surface area contributed by atoms with Crippen LogP contribution < -0.4 is 11.3 Å². The third-order valence-corrected chi connectivity index (χ3v) is 1.62. The number of halogens is 1. The van der Waals surface area contributed by atoms with Crippen molar-refractivity contribution in [3.05, 3.63) is 28.3 Å². The topological polar surface area (TPSA) is 54.8 Å². The van der Waals surface area contributed by atoms with Crippen LogP contribution in [0.3, 0.4) is 0 Å². The molecule has 0 saturated heterocycles. The summed E-state index contributed by atoms with van der Waals surface area (Å²) in [6, 6.07) is 5.15. The number of nitrogens with two attached hydrogens (primary N) is 1. The lowest BCUT2D eigenvalue weighted by molar-refractivity contribution is 0.857. The van der Waals surface area contributed by atoms with Crippen molar-refractivity contribution in [2.75, 3.05) is 5.84 Å². The standard InChI is InChI=1S/C5H6BrN3/c6-4-2-1-3-5(7)9(4)8/h1-3,7H,8H2. The molecule has 0 aromatic carbocycles. The zero-order valence-corrected chi connectivity index (χ0v) is 6.22. The van der Waals surface area contributed by atoms with Crippen LogP contribution in [0.15, 0.2) is 22.8 Å². The molecule has 0 amide bonds. The third-order valence-electron chi connectivity index (χ3n) is 0.978. The molecule has 1 heterocycles. The number of hydrogen-bond donors (Lipinski definition) is 2. The van der Waals surface area contributed by atoms with Gasteiger partial charge >= 0.3 is 0 Å². The number of nitrogens with one attached hydrogen (secondary N) is 1. The minimum atomic E-state index is 0.282. The Labute approximate surface area is 60.7 Å². The minimum absolute atomic E-state index is 0.282. The Bertz CT molecular complexity index is 265. The fraction of sp³-hybridized carbons (Fsp3) is 0. The molecule has 0 spiro atoms. The fourth-order valence-corrected chi connectivity index (χ4v) is 0.838. The van der Waals surface area contributed by atoms with Crippen LogP contribution in [-0.2, 0) is 0 Å². The van der Waals surface area contributed by atoms with E-state index in [1.165, 1.54) is 4.68 Å². The quantitative estimate of drug-likeness (QED) is 0.450. The second kappa shape index (κ2) is 2.23. The van der Waals surface area contributed by atoms with Gasteiger partial charge in [0.2, 0.25) is 0 Å². The number of aromatic nitrogens is 1. The SMILES string of the molecule is N=c1cccc(Br)n1N. The van der Waals surface area contributed by atoms with Crippen molar-refractivity contribution >= 4 is 15.9 Å². The maximum Gasteiger partial charge on any atom is 0.144 e. The first-order chi connectivity index (χ1) is 4.22. The van der Waals surface area contributed by atoms with E-state index < -0.39 is 0 Å². The van der Waals surface area contributed by atoms with E-state index in [-0.39, 0.29) is 5.49 Å². The van der Waals surface area contributed by atoms with E-state index >= 15 is 0 Å². The zero-order valence-electron chi connectivity index (χ0n) is 4.63. The van der Waals surface area contributed by atoms with E-state index in [2.05, 4.69) is 15.9 Å². The van der Waals surface area contributed by atoms with Gasteiger partial charge in [-0.2, -0.15) is 0 Å². The van der Waals surface area contributed by atoms with Gasteiger partial charge in [-0.1, -0.05) is 6.07 Å². The van der Waals surface area contributed by atoms with Gasteiger partial charge < -0.3 is 5.84 Å². The number of nitrogen functional groups attached to an aromatic ring is 1. The molecule has 9 heavy (non-hydrogen) atoms. The predicted octanol–water partition coefficient (Wildman–Crippen LogP) is 0.444. The second-order valence-corrected chi connectivity index (χ2v) is 2.42. The summed E-state index contributed by atoms with van der Waals surface area (Å²) in [5.41, 5.74) is 0.282. The molecule has 0 atom stereocenters. The monoisotopic (exact) mass is 187 g/mol. The molecule has 3 nitrogen and oxygen atoms in total. The van der Waals surface area contributed by atoms with Gasteiger partial charge in [0.1, 0.15) is 10.1 Å². The molecular weight excluding hydrogens is 182 g/mol. The van der Waals surface area contributed by atoms with Crippen molar-refractivity contribution < 1.29 is 0 Å². The van der Waals surface area contributed by atoms with Gasteiger partial charge in [0.15, 0.2) is 0 Å². The van der Waals surface area contributed by atoms with Crippen LogP contribution in [0.4, 0.5) is 0 Å². The number of pyridine rings is 1. The fourth-order valence-electron chi connectivity index (χ4n) is 0.494. The molecule has 0 aliphatic heterocycles. The van der Waals surface area contributed by atoms with Crippen LogP contribution in [0.5, 0.6) is 0 Å². The van der Waals surface area contributed by atoms with Crippen molar-refractivity contribution in [3.8, 4) is 0 Å². The molecule has 0 radical (unpaired) electrons. The van der Waals surface area contributed by atoms with E-state index in [4.69, 9.17) is 11.3 Å². The van der Waals surface area contributed by atoms with E-state index in [9.17, 15) is 0 Å². The summed E-state index contributed by atoms with van der Waals surface area (Å²) in [6.07, 6.45) is 0. The lowest BCUT2D eigenvalue weighted by Crippen LogP contribution is -2.26. The Morgan fingerprint density at radius 3 is 2.67 bits per heavy atom. The highest BCUT2D eigenvalue weighted by atomic mass is 79.9. The maximum atomic E-state index is 7.17. The van der Waals surface area contributed by atoms with Gasteiger partial charge in [0.25, 0.3) is 0 Å². The molecule has 0 unspecified atom stereocenters. The molecule has 0 aliphatic rings. The Morgan fingerprint density at radius 2 is 2.22 bits per heavy atom. The highest BCUT2D eigenvalue weighted by Gasteiger charge is 1.88. The number of nitrogens with zero attached hydrogens (tertiary/aromatic N) is 1. The van der Waals surface area contributed by atoms with Gasteiger partial charge in [0.05, 0.1) is 0 Å². The summed E-state index contributed by atoms with van der Waals surface area (Å²) < 4.78 is 1.95. The minimum Gasteiger partial charge on any atom is -0.337 e. The number of rotatable bonds is 0. The first-order valence-corrected chi connectivity index (χ1v) is 3.18. The average molecular weight is 188 g/mol. The molecule has 0 bridgehead atoms. The first kappa shape index (κ1) is 6.35. The van der Waals surface area contributed by atoms with Crippen molar-refractivity contribution in [1.29, 1.82) is 5.41 Å². The Morgan fingerprint density at radius 1 is 1.56 bits per heavy atom. The summed E-state index contributed by atoms with van der Waals surface area (Å²) in [6.45, 7) is 0. The van der Waals surface area contributed by atoms with Crippen molar-refractivity contribution in [2.24, 2.45) is 0 Å². The summed E-state index contributed by atoms with van der Waals surface area (Å²) in [7, 11) is 0. The molecule has 0 aliphatic carbocycles. The first-order valence-electron chi connectivity index (χ1n) is 2.39. The molecular formula is C5H6BrN3. The van der Waals surface area contributed by atoms with Crippen LogP contribution in [0, 0.1) is 5.41 Å². The van der Waals surface area contributed by atoms with Crippen LogP contribution in [0.25, 0.3) is 0 Å². The van der Waals surface area contributed by atoms with E-state index in [1.54, 1.807) is 18.2 Å². The molecule has 4 heteroatoms. The van der Waals surface area contributed by atoms with Gasteiger partial charge in [-0.3, -0.25) is 5.41 Å². The normalized spacial score (nSPS) is 9.44. The second-order valence-electron chi connectivity index (χ2n) is 1.60. The van der Waals surface area contributed by atoms with Crippen LogP contribution in [0.2, 0.25) is 0 Å². The molecule has 1 aromatic rings. The lowest BCUT2D eigenvalue weighted by Gasteiger charge is -1.98. The molecule has 0 saturated carbocycles. The summed E-state index contributed by atoms with van der Waals surface area (Å²) in [4.78, 5) is 0. The Balaban J connectivity index is 3.43. The molecule has 1 aromatic heterocycles. The predicted molar refractivity (Wildman–Crippen MR) is 38.1 cm³/mol. The number of hydrogen-bond acceptors (Lipinski definition) is 2. The lowest BCUT2D eigenvalue weighted by atomic mass is 10.5. The summed E-state index contributed by atoms with van der Waals surface area (Å²) in [5, 5.41) is 7.17. The van der Waals surface area contributed by atoms with Crippen molar-refractivity contribution in [2.45, 2.75) is 0 Å². The maximum absolute atomic E-state index is 7.17. The van der Waals surface area contributed by atoms with Gasteiger partial charge in [-0.05, 0) is 28.1 Å². The van der Waals surface area contributed by atoms with Crippen LogP contribution in [-0.4, -0.2) is 4.68 Å². The van der Waals surface area contributed by atoms with Crippen molar-refractivity contribution in [1.82, 2.24) is 4.68 Å². The third kappa shape index (κ3) is 1.13. The smallest absolute Gasteiger partial charge is 0.144 e. The highest BCUT2D eigenvalue weighted by molar-refractivity contribution is 9.10. The highest BCUT2D eigenvalue weighted by Crippen LogP contribution is 2.00. The Kier molecular flexibility index (Phi) is 1.57. The van der Waals surface area contributed by atoms with Crippen molar-refractivity contribution in [3.63, 3.8) is 0 Å². The van der Waals surface area contributed by atoms with E-state index in [0.29, 0.717) is 4.60 Å². The van der Waals surface area contributed by atoms with E-state index in [1.807, 2.05) is 0 Å². The van der Waals surface area contributed by atoms with Crippen LogP contribution in [0.1, 0.15) is 0 Å². The summed E-state index contributed by atoms with van der Waals surface area (Å²) >= 11 is 3.16. The average Bonchev–Trinajstić information content (AvgIpc) is 1.83. The molecule has 3 N–H and O–H groups in total. The van der Waals surface area contributed by atoms with Gasteiger partial charge in [0, 0.05) is 0 Å². The van der Waals surface area contributed by atoms with Crippen LogP contribution >= 0.6 is 15.9 Å². The molecule has 0 fully saturated rings. The van der Waals surface area contributed by atoms with E-state index in [0.717, 1.165) is 0 Å². The molecule has 48 valence electrons. The zero-order chi connectivity index (χ0) is 6.85. The Hall–Kier alpha value is -0.770. The summed E-state index contributed by atoms with van der Waals surface area (Å²) in [5.74, 6) is 5.36.